The van der Waals surface area contributed by atoms with Crippen molar-refractivity contribution in [1.29, 1.82) is 0 Å². The van der Waals surface area contributed by atoms with E-state index in [9.17, 15) is 0 Å². The maximum absolute atomic E-state index is 6.55. The lowest BCUT2D eigenvalue weighted by Crippen LogP contribution is -2.03. The van der Waals surface area contributed by atoms with Gasteiger partial charge in [-0.2, -0.15) is 4.98 Å². The van der Waals surface area contributed by atoms with E-state index in [4.69, 9.17) is 18.8 Å². The Labute approximate surface area is 264 Å². The van der Waals surface area contributed by atoms with Crippen molar-refractivity contribution in [2.24, 2.45) is 0 Å². The molecule has 5 nitrogen and oxygen atoms in total. The fourth-order valence-electron chi connectivity index (χ4n) is 7.31. The first-order valence-electron chi connectivity index (χ1n) is 15.3. The van der Waals surface area contributed by atoms with Gasteiger partial charge in [0.25, 0.3) is 0 Å². The molecule has 0 bridgehead atoms. The number of para-hydroxylation sites is 4. The van der Waals surface area contributed by atoms with Crippen LogP contribution in [0.1, 0.15) is 0 Å². The highest BCUT2D eigenvalue weighted by molar-refractivity contribution is 7.26. The van der Waals surface area contributed by atoms with E-state index in [0.717, 1.165) is 66.0 Å². The third-order valence-corrected chi connectivity index (χ3v) is 10.4. The lowest BCUT2D eigenvalue weighted by molar-refractivity contribution is 0.651. The first-order valence-corrected chi connectivity index (χ1v) is 16.1. The average Bonchev–Trinajstić information content (AvgIpc) is 3.86. The third kappa shape index (κ3) is 3.13. The molecule has 6 heteroatoms. The van der Waals surface area contributed by atoms with Crippen LogP contribution in [-0.2, 0) is 0 Å². The van der Waals surface area contributed by atoms with Crippen molar-refractivity contribution in [3.8, 4) is 17.2 Å². The average molecular weight is 608 g/mol. The summed E-state index contributed by atoms with van der Waals surface area (Å²) in [7, 11) is 0. The molecule has 6 aromatic carbocycles. The molecule has 0 amide bonds. The van der Waals surface area contributed by atoms with Crippen molar-refractivity contribution in [1.82, 2.24) is 14.5 Å². The van der Waals surface area contributed by atoms with Crippen molar-refractivity contribution in [3.63, 3.8) is 0 Å². The van der Waals surface area contributed by atoms with E-state index in [-0.39, 0.29) is 0 Å². The number of benzene rings is 6. The summed E-state index contributed by atoms with van der Waals surface area (Å²) in [5.41, 5.74) is 6.79. The van der Waals surface area contributed by atoms with Gasteiger partial charge >= 0.3 is 0 Å². The SMILES string of the molecule is c1ccc2c(c1)oc1c(-c3nc(-n4c5ccccc5c5ccc6sc7ccccc7c6c54)nc4oc5ccccc5c34)cccc12. The molecule has 11 aromatic rings. The Morgan fingerprint density at radius 2 is 1.22 bits per heavy atom. The lowest BCUT2D eigenvalue weighted by Gasteiger charge is -2.10. The number of hydrogen-bond acceptors (Lipinski definition) is 5. The number of aromatic nitrogens is 3. The normalized spacial score (nSPS) is 12.3. The minimum atomic E-state index is 0.544. The number of nitrogens with zero attached hydrogens (tertiary/aromatic N) is 3. The summed E-state index contributed by atoms with van der Waals surface area (Å²) < 4.78 is 17.8. The van der Waals surface area contributed by atoms with Gasteiger partial charge in [-0.05, 0) is 36.4 Å². The van der Waals surface area contributed by atoms with E-state index in [1.807, 2.05) is 47.7 Å². The van der Waals surface area contributed by atoms with E-state index in [0.29, 0.717) is 11.7 Å². The predicted molar refractivity (Wildman–Crippen MR) is 189 cm³/mol. The molecule has 0 saturated heterocycles. The summed E-state index contributed by atoms with van der Waals surface area (Å²) >= 11 is 1.81. The van der Waals surface area contributed by atoms with E-state index in [1.54, 1.807) is 0 Å². The summed E-state index contributed by atoms with van der Waals surface area (Å²) in [5.74, 6) is 0.559. The van der Waals surface area contributed by atoms with Crippen LogP contribution in [0.3, 0.4) is 0 Å². The highest BCUT2D eigenvalue weighted by Gasteiger charge is 2.24. The van der Waals surface area contributed by atoms with Gasteiger partial charge in [0.05, 0.1) is 22.1 Å². The van der Waals surface area contributed by atoms with Gasteiger partial charge in [0.15, 0.2) is 0 Å². The number of fused-ring (bicyclic) bond motifs is 13. The molecular weight excluding hydrogens is 587 g/mol. The monoisotopic (exact) mass is 607 g/mol. The molecule has 5 aromatic heterocycles. The van der Waals surface area contributed by atoms with E-state index in [1.165, 1.54) is 25.6 Å². The molecule has 0 fully saturated rings. The van der Waals surface area contributed by atoms with E-state index in [2.05, 4.69) is 95.6 Å². The van der Waals surface area contributed by atoms with E-state index < -0.39 is 0 Å². The summed E-state index contributed by atoms with van der Waals surface area (Å²) in [6.45, 7) is 0. The minimum absolute atomic E-state index is 0.544. The van der Waals surface area contributed by atoms with Gasteiger partial charge in [0.2, 0.25) is 11.7 Å². The zero-order chi connectivity index (χ0) is 29.9. The molecule has 214 valence electrons. The van der Waals surface area contributed by atoms with Crippen molar-refractivity contribution >= 4 is 97.3 Å². The molecule has 0 aliphatic carbocycles. The molecule has 0 N–H and O–H groups in total. The van der Waals surface area contributed by atoms with Crippen molar-refractivity contribution in [2.45, 2.75) is 0 Å². The molecule has 46 heavy (non-hydrogen) atoms. The molecule has 5 heterocycles. The summed E-state index contributed by atoms with van der Waals surface area (Å²) in [5, 5.41) is 8.75. The summed E-state index contributed by atoms with van der Waals surface area (Å²) in [6, 6.07) is 44.2. The van der Waals surface area contributed by atoms with Gasteiger partial charge < -0.3 is 8.83 Å². The quantitative estimate of drug-likeness (QED) is 0.196. The molecule has 0 aliphatic heterocycles. The topological polar surface area (TPSA) is 57.0 Å². The van der Waals surface area contributed by atoms with Crippen LogP contribution in [-0.4, -0.2) is 14.5 Å². The Balaban J connectivity index is 1.34. The molecule has 0 saturated carbocycles. The van der Waals surface area contributed by atoms with Crippen LogP contribution >= 0.6 is 11.3 Å². The summed E-state index contributed by atoms with van der Waals surface area (Å²) in [6.07, 6.45) is 0. The predicted octanol–water partition coefficient (Wildman–Crippen LogP) is 11.4. The Kier molecular flexibility index (Phi) is 4.66. The molecule has 11 rings (SSSR count). The second-order valence-electron chi connectivity index (χ2n) is 11.7. The fourth-order valence-corrected chi connectivity index (χ4v) is 8.42. The molecule has 0 radical (unpaired) electrons. The second-order valence-corrected chi connectivity index (χ2v) is 12.8. The van der Waals surface area contributed by atoms with Gasteiger partial charge in [0, 0.05) is 52.7 Å². The Hall–Kier alpha value is -5.98. The van der Waals surface area contributed by atoms with Crippen LogP contribution in [0.25, 0.3) is 103 Å². The zero-order valence-electron chi connectivity index (χ0n) is 24.2. The van der Waals surface area contributed by atoms with Crippen LogP contribution in [0.4, 0.5) is 0 Å². The van der Waals surface area contributed by atoms with Gasteiger partial charge in [0.1, 0.15) is 16.7 Å². The first kappa shape index (κ1) is 24.4. The maximum atomic E-state index is 6.55. The van der Waals surface area contributed by atoms with Crippen LogP contribution < -0.4 is 0 Å². The second kappa shape index (κ2) is 8.81. The molecule has 0 atom stereocenters. The number of rotatable bonds is 2. The Bertz CT molecular complexity index is 3050. The number of thiophene rings is 1. The van der Waals surface area contributed by atoms with Crippen molar-refractivity contribution in [3.05, 3.63) is 127 Å². The van der Waals surface area contributed by atoms with Crippen molar-refractivity contribution < 1.29 is 8.83 Å². The van der Waals surface area contributed by atoms with Crippen LogP contribution in [0.5, 0.6) is 0 Å². The zero-order valence-corrected chi connectivity index (χ0v) is 25.0. The van der Waals surface area contributed by atoms with Gasteiger partial charge in [-0.1, -0.05) is 91.0 Å². The molecule has 0 unspecified atom stereocenters. The molecule has 0 aliphatic rings. The number of furan rings is 2. The van der Waals surface area contributed by atoms with E-state index >= 15 is 0 Å². The van der Waals surface area contributed by atoms with Crippen LogP contribution in [0.15, 0.2) is 136 Å². The van der Waals surface area contributed by atoms with Gasteiger partial charge in [-0.25, -0.2) is 4.98 Å². The fraction of sp³-hybridized carbons (Fsp3) is 0. The van der Waals surface area contributed by atoms with Gasteiger partial charge in [-0.15, -0.1) is 11.3 Å². The highest BCUT2D eigenvalue weighted by atomic mass is 32.1. The smallest absolute Gasteiger partial charge is 0.238 e. The Morgan fingerprint density at radius 3 is 2.11 bits per heavy atom. The summed E-state index contributed by atoms with van der Waals surface area (Å²) in [4.78, 5) is 10.7. The lowest BCUT2D eigenvalue weighted by atomic mass is 10.0. The van der Waals surface area contributed by atoms with Crippen LogP contribution in [0.2, 0.25) is 0 Å². The molecule has 0 spiro atoms. The largest absolute Gasteiger partial charge is 0.455 e. The maximum Gasteiger partial charge on any atom is 0.238 e. The van der Waals surface area contributed by atoms with Gasteiger partial charge in [-0.3, -0.25) is 4.57 Å². The van der Waals surface area contributed by atoms with Crippen LogP contribution in [0, 0.1) is 0 Å². The highest BCUT2D eigenvalue weighted by Crippen LogP contribution is 2.44. The molecular formula is C40H21N3O2S. The number of hydrogen-bond donors (Lipinski definition) is 0. The third-order valence-electron chi connectivity index (χ3n) is 9.26. The minimum Gasteiger partial charge on any atom is -0.455 e. The first-order chi connectivity index (χ1) is 22.8. The Morgan fingerprint density at radius 1 is 0.500 bits per heavy atom. The standard InChI is InChI=1S/C40H21N3O2S/c1-5-16-29-22(10-1)24-20-21-33-34(27-13-4-8-19-32(27)46-33)37(24)43(29)40-41-36(35-26-12-3-7-18-31(26)45-39(35)42-40)28-15-9-14-25-23-11-2-6-17-30(23)44-38(25)28/h1-21H. The van der Waals surface area contributed by atoms with Crippen molar-refractivity contribution in [2.75, 3.05) is 0 Å².